The van der Waals surface area contributed by atoms with Gasteiger partial charge in [-0.15, -0.1) is 6.58 Å². The van der Waals surface area contributed by atoms with Crippen LogP contribution in [0.2, 0.25) is 5.02 Å². The Kier molecular flexibility index (Phi) is 5.27. The van der Waals surface area contributed by atoms with Crippen molar-refractivity contribution in [3.05, 3.63) is 71.8 Å². The van der Waals surface area contributed by atoms with Crippen LogP contribution in [-0.2, 0) is 16.4 Å². The molecule has 0 fully saturated rings. The zero-order chi connectivity index (χ0) is 16.2. The average molecular weight is 336 g/mol. The van der Waals surface area contributed by atoms with E-state index >= 15 is 0 Å². The van der Waals surface area contributed by atoms with Crippen molar-refractivity contribution in [3.63, 3.8) is 0 Å². The quantitative estimate of drug-likeness (QED) is 0.739. The fourth-order valence-corrected chi connectivity index (χ4v) is 3.65. The van der Waals surface area contributed by atoms with E-state index in [0.29, 0.717) is 10.7 Å². The zero-order valence-electron chi connectivity index (χ0n) is 12.4. The fourth-order valence-electron chi connectivity index (χ4n) is 2.09. The minimum atomic E-state index is -3.65. The Hall–Kier alpha value is -1.78. The molecule has 0 N–H and O–H groups in total. The molecule has 0 saturated carbocycles. The standard InChI is InChI=1S/C17H18ClNO2S/c1-3-13-19(16-9-5-14(4-2)6-10-16)22(20,21)17-11-7-15(18)8-12-17/h3,5-12H,1,4,13H2,2H3. The predicted octanol–water partition coefficient (Wildman–Crippen LogP) is 4.28. The lowest BCUT2D eigenvalue weighted by atomic mass is 10.1. The van der Waals surface area contributed by atoms with Crippen LogP contribution in [0.15, 0.2) is 66.1 Å². The summed E-state index contributed by atoms with van der Waals surface area (Å²) in [6.45, 7) is 5.92. The number of anilines is 1. The van der Waals surface area contributed by atoms with E-state index in [0.717, 1.165) is 12.0 Å². The summed E-state index contributed by atoms with van der Waals surface area (Å²) in [7, 11) is -3.65. The average Bonchev–Trinajstić information content (AvgIpc) is 2.53. The molecule has 0 aliphatic rings. The van der Waals surface area contributed by atoms with Crippen molar-refractivity contribution in [1.82, 2.24) is 0 Å². The van der Waals surface area contributed by atoms with E-state index in [1.807, 2.05) is 24.3 Å². The highest BCUT2D eigenvalue weighted by molar-refractivity contribution is 7.92. The first-order valence-electron chi connectivity index (χ1n) is 6.97. The highest BCUT2D eigenvalue weighted by Crippen LogP contribution is 2.25. The third-order valence-electron chi connectivity index (χ3n) is 3.33. The number of nitrogens with zero attached hydrogens (tertiary/aromatic N) is 1. The molecule has 0 atom stereocenters. The van der Waals surface area contributed by atoms with Crippen LogP contribution in [0, 0.1) is 0 Å². The van der Waals surface area contributed by atoms with Crippen molar-refractivity contribution in [3.8, 4) is 0 Å². The maximum atomic E-state index is 12.8. The van der Waals surface area contributed by atoms with Crippen molar-refractivity contribution in [1.29, 1.82) is 0 Å². The molecule has 0 aromatic heterocycles. The molecular formula is C17H18ClNO2S. The number of aryl methyl sites for hydroxylation is 1. The molecule has 0 heterocycles. The molecule has 0 aliphatic carbocycles. The van der Waals surface area contributed by atoms with Gasteiger partial charge in [0.05, 0.1) is 17.1 Å². The second-order valence-electron chi connectivity index (χ2n) is 4.80. The summed E-state index contributed by atoms with van der Waals surface area (Å²) in [6.07, 6.45) is 2.48. The summed E-state index contributed by atoms with van der Waals surface area (Å²) in [4.78, 5) is 0.207. The van der Waals surface area contributed by atoms with Gasteiger partial charge in [-0.1, -0.05) is 36.7 Å². The summed E-state index contributed by atoms with van der Waals surface area (Å²) < 4.78 is 27.0. The molecule has 3 nitrogen and oxygen atoms in total. The summed E-state index contributed by atoms with van der Waals surface area (Å²) in [5.41, 5.74) is 1.78. The third kappa shape index (κ3) is 3.51. The molecule has 22 heavy (non-hydrogen) atoms. The van der Waals surface area contributed by atoms with Crippen LogP contribution in [0.25, 0.3) is 0 Å². The maximum absolute atomic E-state index is 12.8. The first-order chi connectivity index (χ1) is 10.5. The number of sulfonamides is 1. The molecule has 0 saturated heterocycles. The SMILES string of the molecule is C=CCN(c1ccc(CC)cc1)S(=O)(=O)c1ccc(Cl)cc1. The van der Waals surface area contributed by atoms with Gasteiger partial charge in [-0.2, -0.15) is 0 Å². The van der Waals surface area contributed by atoms with Gasteiger partial charge in [-0.25, -0.2) is 8.42 Å². The highest BCUT2D eigenvalue weighted by atomic mass is 35.5. The Morgan fingerprint density at radius 3 is 2.18 bits per heavy atom. The number of benzene rings is 2. The van der Waals surface area contributed by atoms with Gasteiger partial charge in [0.15, 0.2) is 0 Å². The number of hydrogen-bond acceptors (Lipinski definition) is 2. The van der Waals surface area contributed by atoms with E-state index < -0.39 is 10.0 Å². The van der Waals surface area contributed by atoms with Gasteiger partial charge in [-0.3, -0.25) is 4.31 Å². The third-order valence-corrected chi connectivity index (χ3v) is 5.39. The molecule has 2 aromatic carbocycles. The van der Waals surface area contributed by atoms with Crippen molar-refractivity contribution < 1.29 is 8.42 Å². The molecule has 0 unspecified atom stereocenters. The molecule has 0 amide bonds. The number of rotatable bonds is 6. The summed E-state index contributed by atoms with van der Waals surface area (Å²) >= 11 is 5.83. The highest BCUT2D eigenvalue weighted by Gasteiger charge is 2.23. The topological polar surface area (TPSA) is 37.4 Å². The van der Waals surface area contributed by atoms with Crippen molar-refractivity contribution in [2.45, 2.75) is 18.2 Å². The first-order valence-corrected chi connectivity index (χ1v) is 8.79. The van der Waals surface area contributed by atoms with Crippen LogP contribution in [0.5, 0.6) is 0 Å². The lowest BCUT2D eigenvalue weighted by Crippen LogP contribution is -2.31. The van der Waals surface area contributed by atoms with E-state index in [-0.39, 0.29) is 11.4 Å². The molecule has 2 aromatic rings. The van der Waals surface area contributed by atoms with Crippen molar-refractivity contribution >= 4 is 27.3 Å². The van der Waals surface area contributed by atoms with E-state index in [9.17, 15) is 8.42 Å². The van der Waals surface area contributed by atoms with Gasteiger partial charge in [0.25, 0.3) is 10.0 Å². The summed E-state index contributed by atoms with van der Waals surface area (Å²) in [5, 5.41) is 0.501. The van der Waals surface area contributed by atoms with Gasteiger partial charge < -0.3 is 0 Å². The van der Waals surface area contributed by atoms with Gasteiger partial charge in [0.1, 0.15) is 0 Å². The lowest BCUT2D eigenvalue weighted by Gasteiger charge is -2.23. The van der Waals surface area contributed by atoms with Gasteiger partial charge in [0, 0.05) is 5.02 Å². The molecule has 5 heteroatoms. The molecule has 0 spiro atoms. The Balaban J connectivity index is 2.45. The van der Waals surface area contributed by atoms with Crippen LogP contribution < -0.4 is 4.31 Å². The largest absolute Gasteiger partial charge is 0.264 e. The fraction of sp³-hybridized carbons (Fsp3) is 0.176. The molecule has 0 aliphatic heterocycles. The zero-order valence-corrected chi connectivity index (χ0v) is 13.9. The second-order valence-corrected chi connectivity index (χ2v) is 7.10. The number of hydrogen-bond donors (Lipinski definition) is 0. The Morgan fingerprint density at radius 1 is 1.09 bits per heavy atom. The molecular weight excluding hydrogens is 318 g/mol. The van der Waals surface area contributed by atoms with E-state index in [1.54, 1.807) is 18.2 Å². The van der Waals surface area contributed by atoms with Crippen molar-refractivity contribution in [2.24, 2.45) is 0 Å². The first kappa shape index (κ1) is 16.6. The van der Waals surface area contributed by atoms with E-state index in [2.05, 4.69) is 13.5 Å². The molecule has 0 bridgehead atoms. The molecule has 116 valence electrons. The van der Waals surface area contributed by atoms with Crippen LogP contribution in [0.1, 0.15) is 12.5 Å². The Bertz CT molecular complexity index is 737. The Labute approximate surface area is 136 Å². The van der Waals surface area contributed by atoms with Crippen LogP contribution in [0.4, 0.5) is 5.69 Å². The van der Waals surface area contributed by atoms with Crippen molar-refractivity contribution in [2.75, 3.05) is 10.8 Å². The van der Waals surface area contributed by atoms with E-state index in [1.165, 1.54) is 16.4 Å². The lowest BCUT2D eigenvalue weighted by molar-refractivity contribution is 0.593. The predicted molar refractivity (Wildman–Crippen MR) is 92.0 cm³/mol. The second kappa shape index (κ2) is 6.99. The molecule has 0 radical (unpaired) electrons. The number of halogens is 1. The van der Waals surface area contributed by atoms with Crippen LogP contribution >= 0.6 is 11.6 Å². The molecule has 2 rings (SSSR count). The van der Waals surface area contributed by atoms with Gasteiger partial charge in [-0.05, 0) is 48.4 Å². The van der Waals surface area contributed by atoms with Crippen LogP contribution in [-0.4, -0.2) is 15.0 Å². The summed E-state index contributed by atoms with van der Waals surface area (Å²) in [5.74, 6) is 0. The minimum absolute atomic E-state index is 0.205. The Morgan fingerprint density at radius 2 is 1.68 bits per heavy atom. The summed E-state index contributed by atoms with van der Waals surface area (Å²) in [6, 6.07) is 13.7. The normalized spacial score (nSPS) is 11.2. The van der Waals surface area contributed by atoms with Gasteiger partial charge >= 0.3 is 0 Å². The van der Waals surface area contributed by atoms with Gasteiger partial charge in [0.2, 0.25) is 0 Å². The monoisotopic (exact) mass is 335 g/mol. The maximum Gasteiger partial charge on any atom is 0.264 e. The van der Waals surface area contributed by atoms with E-state index in [4.69, 9.17) is 11.6 Å². The van der Waals surface area contributed by atoms with Crippen LogP contribution in [0.3, 0.4) is 0 Å². The smallest absolute Gasteiger partial charge is 0.263 e. The minimum Gasteiger partial charge on any atom is -0.263 e.